The fourth-order valence-electron chi connectivity index (χ4n) is 1.56. The lowest BCUT2D eigenvalue weighted by atomic mass is 10.2. The summed E-state index contributed by atoms with van der Waals surface area (Å²) >= 11 is 6.72. The summed E-state index contributed by atoms with van der Waals surface area (Å²) in [7, 11) is 0. The third-order valence-corrected chi connectivity index (χ3v) is 3.61. The van der Waals surface area contributed by atoms with E-state index < -0.39 is 0 Å². The van der Waals surface area contributed by atoms with Gasteiger partial charge in [-0.3, -0.25) is 4.79 Å². The third-order valence-electron chi connectivity index (χ3n) is 2.46. The number of rotatable bonds is 4. The predicted molar refractivity (Wildman–Crippen MR) is 85.2 cm³/mol. The van der Waals surface area contributed by atoms with Crippen molar-refractivity contribution in [2.24, 2.45) is 0 Å². The minimum Gasteiger partial charge on any atom is -0.478 e. The van der Waals surface area contributed by atoms with Gasteiger partial charge < -0.3 is 10.1 Å². The van der Waals surface area contributed by atoms with Crippen molar-refractivity contribution in [1.29, 1.82) is 0 Å². The highest BCUT2D eigenvalue weighted by Crippen LogP contribution is 2.23. The molecule has 0 bridgehead atoms. The molecule has 0 saturated carbocycles. The van der Waals surface area contributed by atoms with Crippen LogP contribution in [0, 0.1) is 0 Å². The van der Waals surface area contributed by atoms with E-state index in [1.807, 2.05) is 19.1 Å². The Morgan fingerprint density at radius 3 is 2.70 bits per heavy atom. The van der Waals surface area contributed by atoms with Gasteiger partial charge in [0.05, 0.1) is 24.1 Å². The zero-order chi connectivity index (χ0) is 14.5. The fraction of sp³-hybridized carbons (Fsp3) is 0.143. The molecule has 104 valence electrons. The molecule has 2 rings (SSSR count). The number of halogens is 2. The van der Waals surface area contributed by atoms with E-state index in [2.05, 4.69) is 42.2 Å². The van der Waals surface area contributed by atoms with Crippen molar-refractivity contribution >= 4 is 43.5 Å². The number of nitrogens with zero attached hydrogens (tertiary/aromatic N) is 1. The summed E-state index contributed by atoms with van der Waals surface area (Å²) in [4.78, 5) is 16.2. The van der Waals surface area contributed by atoms with Gasteiger partial charge in [-0.25, -0.2) is 4.98 Å². The Hall–Kier alpha value is -1.40. The van der Waals surface area contributed by atoms with E-state index in [0.717, 1.165) is 8.95 Å². The molecular formula is C14H12Br2N2O2. The summed E-state index contributed by atoms with van der Waals surface area (Å²) in [6.07, 6.45) is 1.57. The van der Waals surface area contributed by atoms with Crippen LogP contribution in [0.25, 0.3) is 0 Å². The topological polar surface area (TPSA) is 51.2 Å². The zero-order valence-corrected chi connectivity index (χ0v) is 13.9. The second-order valence-electron chi connectivity index (χ2n) is 3.90. The van der Waals surface area contributed by atoms with Gasteiger partial charge in [0.15, 0.2) is 0 Å². The molecule has 20 heavy (non-hydrogen) atoms. The van der Waals surface area contributed by atoms with E-state index in [4.69, 9.17) is 4.74 Å². The molecule has 2 aromatic rings. The number of ether oxygens (including phenoxy) is 1. The maximum Gasteiger partial charge on any atom is 0.256 e. The minimum atomic E-state index is -0.199. The van der Waals surface area contributed by atoms with Gasteiger partial charge in [0.25, 0.3) is 5.91 Å². The molecule has 0 saturated heterocycles. The molecule has 0 radical (unpaired) electrons. The highest BCUT2D eigenvalue weighted by molar-refractivity contribution is 9.11. The maximum absolute atomic E-state index is 12.1. The largest absolute Gasteiger partial charge is 0.478 e. The van der Waals surface area contributed by atoms with Crippen LogP contribution in [0.2, 0.25) is 0 Å². The van der Waals surface area contributed by atoms with Gasteiger partial charge in [-0.2, -0.15) is 0 Å². The Bertz CT molecular complexity index is 615. The van der Waals surface area contributed by atoms with Crippen LogP contribution in [0.3, 0.4) is 0 Å². The first-order valence-electron chi connectivity index (χ1n) is 5.95. The fourth-order valence-corrected chi connectivity index (χ4v) is 2.79. The average molecular weight is 400 g/mol. The van der Waals surface area contributed by atoms with E-state index in [9.17, 15) is 4.79 Å². The van der Waals surface area contributed by atoms with E-state index in [1.165, 1.54) is 0 Å². The number of anilines is 1. The Kier molecular flexibility index (Phi) is 5.14. The van der Waals surface area contributed by atoms with Crippen LogP contribution in [-0.4, -0.2) is 17.5 Å². The van der Waals surface area contributed by atoms with Gasteiger partial charge in [0.2, 0.25) is 5.88 Å². The smallest absolute Gasteiger partial charge is 0.256 e. The number of benzene rings is 1. The molecule has 1 heterocycles. The first-order valence-corrected chi connectivity index (χ1v) is 7.54. The molecule has 1 aromatic heterocycles. The molecule has 0 spiro atoms. The Balaban J connectivity index is 2.11. The number of amides is 1. The summed E-state index contributed by atoms with van der Waals surface area (Å²) < 4.78 is 6.88. The number of carbonyl (C=O) groups excluding carboxylic acids is 1. The van der Waals surface area contributed by atoms with E-state index in [0.29, 0.717) is 23.7 Å². The molecule has 0 fully saturated rings. The van der Waals surface area contributed by atoms with Crippen molar-refractivity contribution in [2.75, 3.05) is 11.9 Å². The van der Waals surface area contributed by atoms with E-state index >= 15 is 0 Å². The van der Waals surface area contributed by atoms with Crippen molar-refractivity contribution in [3.63, 3.8) is 0 Å². The van der Waals surface area contributed by atoms with Crippen LogP contribution >= 0.6 is 31.9 Å². The lowest BCUT2D eigenvalue weighted by molar-refractivity contribution is 0.102. The van der Waals surface area contributed by atoms with Gasteiger partial charge in [-0.05, 0) is 47.1 Å². The molecule has 0 aliphatic heterocycles. The predicted octanol–water partition coefficient (Wildman–Crippen LogP) is 4.26. The first-order chi connectivity index (χ1) is 9.60. The standard InChI is InChI=1S/C14H12Br2N2O2/c1-2-20-13-6-4-10(8-17-13)18-14(19)11-5-3-9(15)7-12(11)16/h3-8H,2H2,1H3,(H,18,19). The molecule has 1 N–H and O–H groups in total. The molecule has 0 aliphatic rings. The van der Waals surface area contributed by atoms with Crippen molar-refractivity contribution < 1.29 is 9.53 Å². The van der Waals surface area contributed by atoms with Crippen LogP contribution in [0.5, 0.6) is 5.88 Å². The summed E-state index contributed by atoms with van der Waals surface area (Å²) in [5.74, 6) is 0.339. The van der Waals surface area contributed by atoms with Crippen molar-refractivity contribution in [2.45, 2.75) is 6.92 Å². The number of aromatic nitrogens is 1. The summed E-state index contributed by atoms with van der Waals surface area (Å²) in [5, 5.41) is 2.79. The van der Waals surface area contributed by atoms with Crippen LogP contribution in [0.4, 0.5) is 5.69 Å². The Labute approximate surface area is 133 Å². The number of hydrogen-bond acceptors (Lipinski definition) is 3. The third kappa shape index (κ3) is 3.80. The number of hydrogen-bond donors (Lipinski definition) is 1. The lowest BCUT2D eigenvalue weighted by Crippen LogP contribution is -2.12. The second kappa shape index (κ2) is 6.85. The summed E-state index contributed by atoms with van der Waals surface area (Å²) in [6, 6.07) is 8.85. The number of carbonyl (C=O) groups is 1. The van der Waals surface area contributed by atoms with Gasteiger partial charge >= 0.3 is 0 Å². The highest BCUT2D eigenvalue weighted by atomic mass is 79.9. The van der Waals surface area contributed by atoms with Crippen LogP contribution in [-0.2, 0) is 0 Å². The summed E-state index contributed by atoms with van der Waals surface area (Å²) in [6.45, 7) is 2.45. The molecule has 1 aromatic carbocycles. The minimum absolute atomic E-state index is 0.199. The van der Waals surface area contributed by atoms with Crippen LogP contribution in [0.1, 0.15) is 17.3 Å². The van der Waals surface area contributed by atoms with Crippen LogP contribution < -0.4 is 10.1 Å². The lowest BCUT2D eigenvalue weighted by Gasteiger charge is -2.08. The molecule has 0 unspecified atom stereocenters. The second-order valence-corrected chi connectivity index (χ2v) is 5.67. The molecule has 0 aliphatic carbocycles. The van der Waals surface area contributed by atoms with E-state index in [-0.39, 0.29) is 5.91 Å². The van der Waals surface area contributed by atoms with Crippen molar-refractivity contribution in [1.82, 2.24) is 4.98 Å². The van der Waals surface area contributed by atoms with Gasteiger partial charge in [0.1, 0.15) is 0 Å². The highest BCUT2D eigenvalue weighted by Gasteiger charge is 2.10. The average Bonchev–Trinajstić information content (AvgIpc) is 2.41. The Morgan fingerprint density at radius 2 is 2.10 bits per heavy atom. The molecule has 4 nitrogen and oxygen atoms in total. The number of nitrogens with one attached hydrogen (secondary N) is 1. The normalized spacial score (nSPS) is 10.2. The van der Waals surface area contributed by atoms with Gasteiger partial charge in [0, 0.05) is 15.0 Å². The SMILES string of the molecule is CCOc1ccc(NC(=O)c2ccc(Br)cc2Br)cn1. The number of pyridine rings is 1. The molecular weight excluding hydrogens is 388 g/mol. The molecule has 6 heteroatoms. The van der Waals surface area contributed by atoms with Gasteiger partial charge in [-0.15, -0.1) is 0 Å². The molecule has 0 atom stereocenters. The Morgan fingerprint density at radius 1 is 1.30 bits per heavy atom. The van der Waals surface area contributed by atoms with Crippen LogP contribution in [0.15, 0.2) is 45.5 Å². The van der Waals surface area contributed by atoms with Crippen molar-refractivity contribution in [3.8, 4) is 5.88 Å². The van der Waals surface area contributed by atoms with Gasteiger partial charge in [-0.1, -0.05) is 15.9 Å². The van der Waals surface area contributed by atoms with Crippen molar-refractivity contribution in [3.05, 3.63) is 51.0 Å². The zero-order valence-electron chi connectivity index (χ0n) is 10.7. The summed E-state index contributed by atoms with van der Waals surface area (Å²) in [5.41, 5.74) is 1.18. The monoisotopic (exact) mass is 398 g/mol. The molecule has 1 amide bonds. The maximum atomic E-state index is 12.1. The quantitative estimate of drug-likeness (QED) is 0.835. The first kappa shape index (κ1) is 15.0. The van der Waals surface area contributed by atoms with E-state index in [1.54, 1.807) is 24.4 Å².